The number of hydrogen-bond acceptors (Lipinski definition) is 3. The zero-order chi connectivity index (χ0) is 17.4. The first-order valence-electron chi connectivity index (χ1n) is 8.20. The van der Waals surface area contributed by atoms with Crippen molar-refractivity contribution in [2.45, 2.75) is 13.0 Å². The van der Waals surface area contributed by atoms with Crippen molar-refractivity contribution in [2.24, 2.45) is 0 Å². The van der Waals surface area contributed by atoms with Gasteiger partial charge in [-0.15, -0.1) is 0 Å². The van der Waals surface area contributed by atoms with Crippen molar-refractivity contribution in [3.8, 4) is 0 Å². The summed E-state index contributed by atoms with van der Waals surface area (Å²) >= 11 is 0. The Bertz CT molecular complexity index is 844. The summed E-state index contributed by atoms with van der Waals surface area (Å²) in [5, 5.41) is 2.49. The van der Waals surface area contributed by atoms with Crippen LogP contribution < -0.4 is 10.2 Å². The average Bonchev–Trinajstić information content (AvgIpc) is 3.20. The fourth-order valence-corrected chi connectivity index (χ4v) is 3.26. The number of amides is 4. The third-order valence-electron chi connectivity index (χ3n) is 4.61. The van der Waals surface area contributed by atoms with Crippen LogP contribution in [0.25, 0.3) is 0 Å². The number of fused-ring (bicyclic) bond motifs is 1. The molecule has 4 amide bonds. The molecule has 4 rings (SSSR count). The van der Waals surface area contributed by atoms with E-state index in [1.807, 2.05) is 24.3 Å². The Morgan fingerprint density at radius 2 is 1.80 bits per heavy atom. The minimum atomic E-state index is -0.376. The van der Waals surface area contributed by atoms with Gasteiger partial charge in [0.1, 0.15) is 0 Å². The first-order valence-corrected chi connectivity index (χ1v) is 8.20. The van der Waals surface area contributed by atoms with Crippen molar-refractivity contribution in [3.63, 3.8) is 0 Å². The monoisotopic (exact) mass is 335 g/mol. The van der Waals surface area contributed by atoms with Crippen LogP contribution in [0.3, 0.4) is 0 Å². The largest absolute Gasteiger partial charge is 0.329 e. The maximum absolute atomic E-state index is 12.8. The van der Waals surface area contributed by atoms with Gasteiger partial charge in [0.2, 0.25) is 5.91 Å². The van der Waals surface area contributed by atoms with Crippen LogP contribution in [-0.4, -0.2) is 35.8 Å². The van der Waals surface area contributed by atoms with Gasteiger partial charge in [0.15, 0.2) is 0 Å². The van der Waals surface area contributed by atoms with E-state index in [2.05, 4.69) is 5.32 Å². The lowest BCUT2D eigenvalue weighted by Crippen LogP contribution is -2.30. The summed E-state index contributed by atoms with van der Waals surface area (Å²) in [5.41, 5.74) is 3.56. The van der Waals surface area contributed by atoms with Gasteiger partial charge in [0.05, 0.1) is 13.1 Å². The van der Waals surface area contributed by atoms with Gasteiger partial charge in [-0.3, -0.25) is 14.5 Å². The smallest absolute Gasteiger partial charge is 0.324 e. The van der Waals surface area contributed by atoms with Crippen LogP contribution >= 0.6 is 0 Å². The summed E-state index contributed by atoms with van der Waals surface area (Å²) in [6, 6.07) is 14.6. The van der Waals surface area contributed by atoms with Gasteiger partial charge in [-0.05, 0) is 35.7 Å². The standard InChI is InChI=1S/C19H17N3O3/c23-17-11-20-19(25)22(17)12-13-5-7-15(8-6-13)18(24)21-10-9-14-3-1-2-4-16(14)21/h1-8H,9-12H2,(H,20,25). The van der Waals surface area contributed by atoms with Crippen LogP contribution in [-0.2, 0) is 17.8 Å². The third-order valence-corrected chi connectivity index (χ3v) is 4.61. The molecule has 6 nitrogen and oxygen atoms in total. The van der Waals surface area contributed by atoms with Crippen molar-refractivity contribution in [2.75, 3.05) is 18.0 Å². The predicted molar refractivity (Wildman–Crippen MR) is 92.2 cm³/mol. The number of rotatable bonds is 3. The minimum Gasteiger partial charge on any atom is -0.329 e. The zero-order valence-electron chi connectivity index (χ0n) is 13.6. The molecule has 0 radical (unpaired) electrons. The third kappa shape index (κ3) is 2.76. The van der Waals surface area contributed by atoms with E-state index in [0.29, 0.717) is 12.1 Å². The molecule has 0 spiro atoms. The molecule has 2 aromatic rings. The van der Waals surface area contributed by atoms with E-state index in [4.69, 9.17) is 0 Å². The van der Waals surface area contributed by atoms with Gasteiger partial charge in [0.25, 0.3) is 5.91 Å². The average molecular weight is 335 g/mol. The molecular weight excluding hydrogens is 318 g/mol. The van der Waals surface area contributed by atoms with E-state index in [9.17, 15) is 14.4 Å². The lowest BCUT2D eigenvalue weighted by atomic mass is 10.1. The van der Waals surface area contributed by atoms with Gasteiger partial charge < -0.3 is 10.2 Å². The Labute approximate surface area is 145 Å². The van der Waals surface area contributed by atoms with Crippen LogP contribution in [0.2, 0.25) is 0 Å². The SMILES string of the molecule is O=C1CNC(=O)N1Cc1ccc(C(=O)N2CCc3ccccc32)cc1. The fourth-order valence-electron chi connectivity index (χ4n) is 3.26. The van der Waals surface area contributed by atoms with Crippen LogP contribution in [0, 0.1) is 0 Å². The Balaban J connectivity index is 1.50. The van der Waals surface area contributed by atoms with Crippen molar-refractivity contribution in [3.05, 3.63) is 65.2 Å². The van der Waals surface area contributed by atoms with Crippen LogP contribution in [0.15, 0.2) is 48.5 Å². The second kappa shape index (κ2) is 6.05. The molecule has 2 heterocycles. The molecule has 0 aliphatic carbocycles. The van der Waals surface area contributed by atoms with E-state index >= 15 is 0 Å². The Morgan fingerprint density at radius 1 is 1.04 bits per heavy atom. The lowest BCUT2D eigenvalue weighted by Gasteiger charge is -2.18. The topological polar surface area (TPSA) is 69.7 Å². The molecule has 126 valence electrons. The number of nitrogens with zero attached hydrogens (tertiary/aromatic N) is 2. The van der Waals surface area contributed by atoms with E-state index in [1.165, 1.54) is 10.5 Å². The summed E-state index contributed by atoms with van der Waals surface area (Å²) in [7, 11) is 0. The second-order valence-corrected chi connectivity index (χ2v) is 6.17. The summed E-state index contributed by atoms with van der Waals surface area (Å²) in [4.78, 5) is 39.0. The second-order valence-electron chi connectivity index (χ2n) is 6.17. The fraction of sp³-hybridized carbons (Fsp3) is 0.211. The number of hydrogen-bond donors (Lipinski definition) is 1. The Kier molecular flexibility index (Phi) is 3.72. The summed E-state index contributed by atoms with van der Waals surface area (Å²) in [6.45, 7) is 0.942. The van der Waals surface area contributed by atoms with Crippen molar-refractivity contribution in [1.29, 1.82) is 0 Å². The first-order chi connectivity index (χ1) is 12.1. The van der Waals surface area contributed by atoms with E-state index in [0.717, 1.165) is 17.7 Å². The van der Waals surface area contributed by atoms with E-state index in [1.54, 1.807) is 29.2 Å². The van der Waals surface area contributed by atoms with E-state index in [-0.39, 0.29) is 30.9 Å². The molecule has 0 saturated carbocycles. The zero-order valence-corrected chi connectivity index (χ0v) is 13.6. The molecule has 2 aromatic carbocycles. The number of anilines is 1. The molecule has 2 aliphatic rings. The number of imide groups is 1. The summed E-state index contributed by atoms with van der Waals surface area (Å²) < 4.78 is 0. The summed E-state index contributed by atoms with van der Waals surface area (Å²) in [5.74, 6) is -0.273. The quantitative estimate of drug-likeness (QED) is 0.872. The number of benzene rings is 2. The highest BCUT2D eigenvalue weighted by Crippen LogP contribution is 2.28. The number of carbonyl (C=O) groups excluding carboxylic acids is 3. The highest BCUT2D eigenvalue weighted by atomic mass is 16.2. The first kappa shape index (κ1) is 15.4. The maximum atomic E-state index is 12.8. The summed E-state index contributed by atoms with van der Waals surface area (Å²) in [6.07, 6.45) is 0.867. The normalized spacial score (nSPS) is 16.2. The molecule has 1 fully saturated rings. The van der Waals surface area contributed by atoms with Gasteiger partial charge in [-0.25, -0.2) is 4.79 Å². The van der Waals surface area contributed by atoms with Gasteiger partial charge in [-0.2, -0.15) is 0 Å². The predicted octanol–water partition coefficient (Wildman–Crippen LogP) is 1.94. The molecule has 25 heavy (non-hydrogen) atoms. The van der Waals surface area contributed by atoms with Crippen molar-refractivity contribution >= 4 is 23.5 Å². The molecule has 0 aromatic heterocycles. The van der Waals surface area contributed by atoms with Crippen LogP contribution in [0.5, 0.6) is 0 Å². The van der Waals surface area contributed by atoms with E-state index < -0.39 is 0 Å². The number of carbonyl (C=O) groups is 3. The van der Waals surface area contributed by atoms with Gasteiger partial charge in [-0.1, -0.05) is 30.3 Å². The number of nitrogens with one attached hydrogen (secondary N) is 1. The molecule has 0 bridgehead atoms. The Morgan fingerprint density at radius 3 is 2.52 bits per heavy atom. The highest BCUT2D eigenvalue weighted by molar-refractivity contribution is 6.07. The lowest BCUT2D eigenvalue weighted by molar-refractivity contribution is -0.125. The Hall–Kier alpha value is -3.15. The molecule has 2 aliphatic heterocycles. The van der Waals surface area contributed by atoms with Gasteiger partial charge >= 0.3 is 6.03 Å². The maximum Gasteiger partial charge on any atom is 0.324 e. The molecule has 6 heteroatoms. The molecular formula is C19H17N3O3. The minimum absolute atomic E-state index is 0.0357. The van der Waals surface area contributed by atoms with Crippen LogP contribution in [0.4, 0.5) is 10.5 Å². The molecule has 1 N–H and O–H groups in total. The molecule has 0 atom stereocenters. The molecule has 1 saturated heterocycles. The highest BCUT2D eigenvalue weighted by Gasteiger charge is 2.28. The van der Waals surface area contributed by atoms with Crippen molar-refractivity contribution < 1.29 is 14.4 Å². The molecule has 0 unspecified atom stereocenters. The van der Waals surface area contributed by atoms with Gasteiger partial charge in [0, 0.05) is 17.8 Å². The van der Waals surface area contributed by atoms with Crippen LogP contribution in [0.1, 0.15) is 21.5 Å². The number of urea groups is 1. The van der Waals surface area contributed by atoms with Crippen molar-refractivity contribution in [1.82, 2.24) is 10.2 Å². The number of para-hydroxylation sites is 1.